The lowest BCUT2D eigenvalue weighted by molar-refractivity contribution is -0.389. The van der Waals surface area contributed by atoms with Crippen molar-refractivity contribution < 1.29 is 28.8 Å². The van der Waals surface area contributed by atoms with Crippen molar-refractivity contribution in [3.05, 3.63) is 0 Å². The van der Waals surface area contributed by atoms with Gasteiger partial charge in [-0.1, -0.05) is 39.0 Å². The first-order valence-corrected chi connectivity index (χ1v) is 15.8. The molecule has 226 valence electrons. The number of carbonyl (C=O) groups is 2. The van der Waals surface area contributed by atoms with Crippen LogP contribution in [0.4, 0.5) is 0 Å². The minimum Gasteiger partial charge on any atom is -0.463 e. The summed E-state index contributed by atoms with van der Waals surface area (Å²) in [4.78, 5) is 35.8. The van der Waals surface area contributed by atoms with E-state index in [1.54, 1.807) is 0 Å². The lowest BCUT2D eigenvalue weighted by atomic mass is 9.44. The summed E-state index contributed by atoms with van der Waals surface area (Å²) in [7, 11) is 0. The Morgan fingerprint density at radius 2 is 1.57 bits per heavy atom. The van der Waals surface area contributed by atoms with E-state index in [1.807, 2.05) is 27.7 Å². The quantitative estimate of drug-likeness (QED) is 0.139. The fourth-order valence-electron chi connectivity index (χ4n) is 9.34. The average Bonchev–Trinajstić information content (AvgIpc) is 3.13. The molecular formula is C34H54O6. The molecule has 4 rings (SSSR count). The van der Waals surface area contributed by atoms with Crippen molar-refractivity contribution in [3.63, 3.8) is 0 Å². The highest BCUT2D eigenvalue weighted by atomic mass is 17.2. The van der Waals surface area contributed by atoms with Crippen molar-refractivity contribution in [1.82, 2.24) is 0 Å². The molecule has 4 aliphatic carbocycles. The minimum atomic E-state index is -0.837. The van der Waals surface area contributed by atoms with Crippen LogP contribution in [0.15, 0.2) is 0 Å². The van der Waals surface area contributed by atoms with Crippen LogP contribution in [0.2, 0.25) is 0 Å². The van der Waals surface area contributed by atoms with Crippen molar-refractivity contribution in [2.45, 2.75) is 156 Å². The Balaban J connectivity index is 1.56. The van der Waals surface area contributed by atoms with E-state index in [4.69, 9.17) is 19.2 Å². The van der Waals surface area contributed by atoms with E-state index in [1.165, 1.54) is 26.7 Å². The summed E-state index contributed by atoms with van der Waals surface area (Å²) in [5.41, 5.74) is -1.98. The average molecular weight is 559 g/mol. The van der Waals surface area contributed by atoms with Crippen molar-refractivity contribution in [3.8, 4) is 11.8 Å². The predicted octanol–water partition coefficient (Wildman–Crippen LogP) is 7.57. The van der Waals surface area contributed by atoms with Crippen LogP contribution < -0.4 is 0 Å². The number of esters is 2. The van der Waals surface area contributed by atoms with Gasteiger partial charge in [0.15, 0.2) is 11.2 Å². The van der Waals surface area contributed by atoms with Gasteiger partial charge in [-0.2, -0.15) is 0 Å². The van der Waals surface area contributed by atoms with Gasteiger partial charge in [-0.3, -0.25) is 9.59 Å². The van der Waals surface area contributed by atoms with Crippen molar-refractivity contribution in [2.75, 3.05) is 0 Å². The number of ether oxygens (including phenoxy) is 2. The van der Waals surface area contributed by atoms with Gasteiger partial charge in [0.05, 0.1) is 5.60 Å². The summed E-state index contributed by atoms with van der Waals surface area (Å²) in [5, 5.41) is 0. The van der Waals surface area contributed by atoms with E-state index in [2.05, 4.69) is 32.6 Å². The third-order valence-electron chi connectivity index (χ3n) is 11.3. The normalized spacial score (nSPS) is 39.2. The molecule has 40 heavy (non-hydrogen) atoms. The van der Waals surface area contributed by atoms with Crippen LogP contribution in [-0.2, 0) is 28.8 Å². The first-order valence-electron chi connectivity index (χ1n) is 15.8. The Bertz CT molecular complexity index is 1020. The molecule has 4 aliphatic rings. The van der Waals surface area contributed by atoms with Gasteiger partial charge in [0.25, 0.3) is 0 Å². The molecule has 0 heterocycles. The van der Waals surface area contributed by atoms with Gasteiger partial charge < -0.3 is 9.47 Å². The second kappa shape index (κ2) is 11.3. The number of hydrogen-bond acceptors (Lipinski definition) is 6. The van der Waals surface area contributed by atoms with Crippen LogP contribution >= 0.6 is 0 Å². The maximum atomic E-state index is 12.5. The van der Waals surface area contributed by atoms with E-state index in [0.717, 1.165) is 57.8 Å². The van der Waals surface area contributed by atoms with Gasteiger partial charge >= 0.3 is 11.9 Å². The molecule has 0 unspecified atom stereocenters. The van der Waals surface area contributed by atoms with Gasteiger partial charge in [0, 0.05) is 19.3 Å². The topological polar surface area (TPSA) is 71.1 Å². The second-order valence-electron chi connectivity index (χ2n) is 15.0. The van der Waals surface area contributed by atoms with Gasteiger partial charge in [-0.25, -0.2) is 9.78 Å². The molecule has 6 nitrogen and oxygen atoms in total. The monoisotopic (exact) mass is 558 g/mol. The molecule has 0 amide bonds. The second-order valence-corrected chi connectivity index (χ2v) is 15.0. The fraction of sp³-hybridized carbons (Fsp3) is 0.882. The highest BCUT2D eigenvalue weighted by molar-refractivity contribution is 5.67. The Morgan fingerprint density at radius 1 is 0.875 bits per heavy atom. The van der Waals surface area contributed by atoms with Crippen LogP contribution in [-0.4, -0.2) is 34.8 Å². The number of fused-ring (bicyclic) bond motifs is 5. The summed E-state index contributed by atoms with van der Waals surface area (Å²) in [6.07, 6.45) is 11.3. The molecule has 0 spiro atoms. The van der Waals surface area contributed by atoms with Crippen LogP contribution in [0.25, 0.3) is 0 Å². The lowest BCUT2D eigenvalue weighted by Gasteiger charge is -2.61. The molecule has 6 heteroatoms. The van der Waals surface area contributed by atoms with E-state index < -0.39 is 16.8 Å². The number of rotatable bonds is 7. The molecule has 0 aromatic carbocycles. The summed E-state index contributed by atoms with van der Waals surface area (Å²) >= 11 is 0. The van der Waals surface area contributed by atoms with Crippen LogP contribution in [0.5, 0.6) is 0 Å². The van der Waals surface area contributed by atoms with Gasteiger partial charge in [-0.15, -0.1) is 0 Å². The van der Waals surface area contributed by atoms with E-state index in [0.29, 0.717) is 23.7 Å². The third kappa shape index (κ3) is 5.98. The maximum Gasteiger partial charge on any atom is 0.304 e. The Labute approximate surface area is 242 Å². The molecule has 0 N–H and O–H groups in total. The maximum absolute atomic E-state index is 12.5. The van der Waals surface area contributed by atoms with E-state index in [9.17, 15) is 9.59 Å². The molecule has 4 fully saturated rings. The third-order valence-corrected chi connectivity index (χ3v) is 11.3. The van der Waals surface area contributed by atoms with Crippen LogP contribution in [0.1, 0.15) is 133 Å². The largest absolute Gasteiger partial charge is 0.463 e. The molecule has 0 aliphatic heterocycles. The minimum absolute atomic E-state index is 0.0708. The van der Waals surface area contributed by atoms with E-state index in [-0.39, 0.29) is 28.9 Å². The zero-order valence-corrected chi connectivity index (χ0v) is 26.6. The standard InChI is InChI=1S/C34H54O6/c1-10-16-30(4,5)39-40-31(6,7)20-21-34(38-24(3)36)19-15-29-27-12-11-25-22-26(37-23(2)35)13-17-32(25,8)28(27)14-18-33(29,34)9/h25-29H,10-19,22H2,1-9H3/t25-,26-,27+,28+,29+,32-,33-,34+/m0/s1. The van der Waals surface area contributed by atoms with Gasteiger partial charge in [0.2, 0.25) is 0 Å². The highest BCUT2D eigenvalue weighted by Gasteiger charge is 2.66. The van der Waals surface area contributed by atoms with Crippen molar-refractivity contribution in [1.29, 1.82) is 0 Å². The Morgan fingerprint density at radius 3 is 2.23 bits per heavy atom. The molecule has 0 aromatic heterocycles. The zero-order valence-electron chi connectivity index (χ0n) is 26.6. The van der Waals surface area contributed by atoms with Gasteiger partial charge in [0.1, 0.15) is 6.10 Å². The molecule has 0 bridgehead atoms. The molecule has 8 atom stereocenters. The Kier molecular flexibility index (Phi) is 8.82. The molecule has 4 saturated carbocycles. The van der Waals surface area contributed by atoms with Crippen molar-refractivity contribution in [2.24, 2.45) is 34.5 Å². The zero-order chi connectivity index (χ0) is 29.6. The smallest absolute Gasteiger partial charge is 0.304 e. The molecule has 0 aromatic rings. The SMILES string of the molecule is CCCC(C)(C)OOC(C)(C)C#C[C@]1(OC(C)=O)CC[C@@H]2[C@@H]3CC[C@H]4C[C@@H](OC(C)=O)CC[C@]4(C)[C@@H]3CC[C@@]21C. The molecule has 0 saturated heterocycles. The molecule has 0 radical (unpaired) electrons. The first kappa shape index (κ1) is 31.4. The summed E-state index contributed by atoms with van der Waals surface area (Å²) < 4.78 is 11.9. The fourth-order valence-corrected chi connectivity index (χ4v) is 9.34. The summed E-state index contributed by atoms with van der Waals surface area (Å²) in [5.74, 6) is 8.76. The summed E-state index contributed by atoms with van der Waals surface area (Å²) in [6.45, 7) is 17.9. The summed E-state index contributed by atoms with van der Waals surface area (Å²) in [6, 6.07) is 0. The van der Waals surface area contributed by atoms with Crippen molar-refractivity contribution >= 4 is 11.9 Å². The lowest BCUT2D eigenvalue weighted by Crippen LogP contribution is -2.57. The number of hydrogen-bond donors (Lipinski definition) is 0. The predicted molar refractivity (Wildman–Crippen MR) is 155 cm³/mol. The number of carbonyl (C=O) groups excluding carboxylic acids is 2. The first-order chi connectivity index (χ1) is 18.6. The van der Waals surface area contributed by atoms with Crippen LogP contribution in [0.3, 0.4) is 0 Å². The van der Waals surface area contributed by atoms with Crippen LogP contribution in [0, 0.1) is 46.3 Å². The Hall–Kier alpha value is -1.58. The van der Waals surface area contributed by atoms with Gasteiger partial charge in [-0.05, 0) is 121 Å². The van der Waals surface area contributed by atoms with E-state index >= 15 is 0 Å². The highest BCUT2D eigenvalue weighted by Crippen LogP contribution is 2.69. The molecular weight excluding hydrogens is 504 g/mol.